The highest BCUT2D eigenvalue weighted by Crippen LogP contribution is 2.42. The van der Waals surface area contributed by atoms with Crippen molar-refractivity contribution < 1.29 is 8.78 Å². The van der Waals surface area contributed by atoms with Crippen LogP contribution in [0, 0.1) is 11.6 Å². The SMILES string of the molecule is Fc1ccccc1N(c1ccc(C=Cc2ccc(-c3ccc4c5c3ccc3cccc(c35)n4-c3ccccc3)cn2)cc1)c1ccccc1F. The Hall–Kier alpha value is -6.59. The molecule has 0 fully saturated rings. The van der Waals surface area contributed by atoms with Crippen molar-refractivity contribution in [2.24, 2.45) is 0 Å². The molecule has 0 amide bonds. The summed E-state index contributed by atoms with van der Waals surface area (Å²) in [5.74, 6) is -0.865. The number of benzene rings is 7. The summed E-state index contributed by atoms with van der Waals surface area (Å²) in [5, 5.41) is 4.96. The van der Waals surface area contributed by atoms with E-state index in [-0.39, 0.29) is 11.4 Å². The Morgan fingerprint density at radius 2 is 1.24 bits per heavy atom. The largest absolute Gasteiger partial charge is 0.309 e. The lowest BCUT2D eigenvalue weighted by Crippen LogP contribution is -2.13. The average Bonchev–Trinajstić information content (AvgIpc) is 3.51. The molecule has 50 heavy (non-hydrogen) atoms. The third-order valence-electron chi connectivity index (χ3n) is 9.36. The molecule has 7 aromatic carbocycles. The molecule has 5 heteroatoms. The quantitative estimate of drug-likeness (QED) is 0.160. The number of para-hydroxylation sites is 3. The number of anilines is 3. The van der Waals surface area contributed by atoms with Gasteiger partial charge in [0.15, 0.2) is 0 Å². The molecule has 238 valence electrons. The summed E-state index contributed by atoms with van der Waals surface area (Å²) in [6.07, 6.45) is 5.89. The lowest BCUT2D eigenvalue weighted by atomic mass is 9.95. The summed E-state index contributed by atoms with van der Waals surface area (Å²) < 4.78 is 32.2. The van der Waals surface area contributed by atoms with E-state index in [1.807, 2.05) is 54.7 Å². The van der Waals surface area contributed by atoms with Gasteiger partial charge in [-0.3, -0.25) is 4.98 Å². The fraction of sp³-hybridized carbons (Fsp3) is 0. The minimum atomic E-state index is -0.432. The molecule has 0 atom stereocenters. The molecule has 9 aromatic rings. The van der Waals surface area contributed by atoms with E-state index in [0.717, 1.165) is 28.1 Å². The third-order valence-corrected chi connectivity index (χ3v) is 9.36. The number of aromatic nitrogens is 2. The van der Waals surface area contributed by atoms with E-state index in [9.17, 15) is 8.78 Å². The van der Waals surface area contributed by atoms with Crippen LogP contribution in [0.3, 0.4) is 0 Å². The van der Waals surface area contributed by atoms with E-state index in [4.69, 9.17) is 4.98 Å². The first-order valence-corrected chi connectivity index (χ1v) is 16.5. The smallest absolute Gasteiger partial charge is 0.147 e. The van der Waals surface area contributed by atoms with Gasteiger partial charge in [0.2, 0.25) is 0 Å². The monoisotopic (exact) mass is 649 g/mol. The van der Waals surface area contributed by atoms with Crippen LogP contribution < -0.4 is 4.90 Å². The number of halogens is 2. The first kappa shape index (κ1) is 29.5. The second-order valence-electron chi connectivity index (χ2n) is 12.3. The number of hydrogen-bond donors (Lipinski definition) is 0. The zero-order valence-corrected chi connectivity index (χ0v) is 26.8. The van der Waals surface area contributed by atoms with E-state index in [0.29, 0.717) is 5.69 Å². The van der Waals surface area contributed by atoms with Crippen molar-refractivity contribution in [2.45, 2.75) is 0 Å². The van der Waals surface area contributed by atoms with Crippen molar-refractivity contribution in [3.8, 4) is 16.8 Å². The topological polar surface area (TPSA) is 21.1 Å². The van der Waals surface area contributed by atoms with Crippen molar-refractivity contribution in [1.82, 2.24) is 9.55 Å². The Kier molecular flexibility index (Phi) is 7.17. The van der Waals surface area contributed by atoms with E-state index in [1.165, 1.54) is 44.7 Å². The van der Waals surface area contributed by atoms with Crippen LogP contribution in [0.4, 0.5) is 25.8 Å². The maximum Gasteiger partial charge on any atom is 0.147 e. The number of nitrogens with zero attached hydrogens (tertiary/aromatic N) is 3. The van der Waals surface area contributed by atoms with Crippen LogP contribution in [0.1, 0.15) is 11.3 Å². The molecule has 0 aliphatic rings. The summed E-state index contributed by atoms with van der Waals surface area (Å²) >= 11 is 0. The molecule has 2 aromatic heterocycles. The van der Waals surface area contributed by atoms with Crippen molar-refractivity contribution in [3.05, 3.63) is 187 Å². The Morgan fingerprint density at radius 1 is 0.540 bits per heavy atom. The van der Waals surface area contributed by atoms with Gasteiger partial charge in [0, 0.05) is 33.9 Å². The molecule has 0 aliphatic heterocycles. The number of hydrogen-bond acceptors (Lipinski definition) is 2. The first-order chi connectivity index (χ1) is 24.6. The number of rotatable bonds is 7. The molecule has 0 saturated heterocycles. The molecule has 3 nitrogen and oxygen atoms in total. The van der Waals surface area contributed by atoms with Gasteiger partial charge in [-0.1, -0.05) is 97.1 Å². The highest BCUT2D eigenvalue weighted by Gasteiger charge is 2.20. The third kappa shape index (κ3) is 4.99. The van der Waals surface area contributed by atoms with Crippen LogP contribution in [-0.4, -0.2) is 9.55 Å². The lowest BCUT2D eigenvalue weighted by Gasteiger charge is -2.26. The molecular formula is C45H29F2N3. The predicted molar refractivity (Wildman–Crippen MR) is 203 cm³/mol. The number of pyridine rings is 1. The van der Waals surface area contributed by atoms with Crippen molar-refractivity contribution >= 4 is 61.8 Å². The minimum absolute atomic E-state index is 0.274. The summed E-state index contributed by atoms with van der Waals surface area (Å²) in [4.78, 5) is 6.39. The van der Waals surface area contributed by atoms with Gasteiger partial charge in [-0.15, -0.1) is 0 Å². The summed E-state index contributed by atoms with van der Waals surface area (Å²) in [7, 11) is 0. The van der Waals surface area contributed by atoms with Crippen molar-refractivity contribution in [1.29, 1.82) is 0 Å². The van der Waals surface area contributed by atoms with E-state index in [1.54, 1.807) is 41.3 Å². The second-order valence-corrected chi connectivity index (χ2v) is 12.3. The summed E-state index contributed by atoms with van der Waals surface area (Å²) in [6, 6.07) is 50.4. The van der Waals surface area contributed by atoms with E-state index < -0.39 is 11.6 Å². The Bertz CT molecular complexity index is 2610. The maximum atomic E-state index is 14.9. The fourth-order valence-corrected chi connectivity index (χ4v) is 7.05. The summed E-state index contributed by atoms with van der Waals surface area (Å²) in [5.41, 5.74) is 8.68. The molecule has 2 heterocycles. The first-order valence-electron chi connectivity index (χ1n) is 16.5. The molecule has 0 bridgehead atoms. The van der Waals surface area contributed by atoms with Gasteiger partial charge < -0.3 is 9.47 Å². The van der Waals surface area contributed by atoms with E-state index >= 15 is 0 Å². The zero-order chi connectivity index (χ0) is 33.6. The standard InChI is InChI=1S/C45H29F2N3/c46-38-12-4-6-14-40(38)49(41-15-7-5-13-39(41)47)35-24-18-30(19-25-35)17-22-33-23-20-32(29-48-33)36-27-28-43-45-37(36)26-21-31-9-8-16-42(44(31)45)50(43)34-10-2-1-3-11-34/h1-29H. The van der Waals surface area contributed by atoms with Gasteiger partial charge in [-0.25, -0.2) is 8.78 Å². The lowest BCUT2D eigenvalue weighted by molar-refractivity contribution is 0.619. The minimum Gasteiger partial charge on any atom is -0.309 e. The molecule has 9 rings (SSSR count). The van der Waals surface area contributed by atoms with Gasteiger partial charge >= 0.3 is 0 Å². The highest BCUT2D eigenvalue weighted by molar-refractivity contribution is 6.26. The van der Waals surface area contributed by atoms with Gasteiger partial charge in [0.25, 0.3) is 0 Å². The Morgan fingerprint density at radius 3 is 1.94 bits per heavy atom. The molecule has 0 radical (unpaired) electrons. The average molecular weight is 650 g/mol. The van der Waals surface area contributed by atoms with Gasteiger partial charge in [0.05, 0.1) is 28.1 Å². The van der Waals surface area contributed by atoms with Crippen LogP contribution in [-0.2, 0) is 0 Å². The Balaban J connectivity index is 1.02. The molecule has 0 unspecified atom stereocenters. The normalized spacial score (nSPS) is 11.7. The van der Waals surface area contributed by atoms with Crippen LogP contribution in [0.15, 0.2) is 164 Å². The molecule has 0 N–H and O–H groups in total. The van der Waals surface area contributed by atoms with Crippen LogP contribution >= 0.6 is 0 Å². The summed E-state index contributed by atoms with van der Waals surface area (Å²) in [6.45, 7) is 0. The zero-order valence-electron chi connectivity index (χ0n) is 26.8. The van der Waals surface area contributed by atoms with Crippen LogP contribution in [0.2, 0.25) is 0 Å². The second kappa shape index (κ2) is 12.1. The van der Waals surface area contributed by atoms with Crippen LogP contribution in [0.25, 0.3) is 61.5 Å². The molecule has 0 saturated carbocycles. The van der Waals surface area contributed by atoms with Gasteiger partial charge in [-0.2, -0.15) is 0 Å². The maximum absolute atomic E-state index is 14.9. The molecule has 0 aliphatic carbocycles. The van der Waals surface area contributed by atoms with Crippen molar-refractivity contribution in [2.75, 3.05) is 4.90 Å². The molecular weight excluding hydrogens is 621 g/mol. The van der Waals surface area contributed by atoms with Crippen LogP contribution in [0.5, 0.6) is 0 Å². The predicted octanol–water partition coefficient (Wildman–Crippen LogP) is 12.4. The highest BCUT2D eigenvalue weighted by atomic mass is 19.1. The van der Waals surface area contributed by atoms with Gasteiger partial charge in [-0.05, 0) is 94.7 Å². The fourth-order valence-electron chi connectivity index (χ4n) is 7.05. The Labute approximate surface area is 288 Å². The van der Waals surface area contributed by atoms with Gasteiger partial charge in [0.1, 0.15) is 11.6 Å². The van der Waals surface area contributed by atoms with Crippen molar-refractivity contribution in [3.63, 3.8) is 0 Å². The van der Waals surface area contributed by atoms with E-state index in [2.05, 4.69) is 77.4 Å². The molecule has 0 spiro atoms.